The van der Waals surface area contributed by atoms with Crippen molar-refractivity contribution in [3.8, 4) is 0 Å². The van der Waals surface area contributed by atoms with Crippen LogP contribution in [0.25, 0.3) is 0 Å². The molecular weight excluding hydrogens is 206 g/mol. The molecule has 0 radical (unpaired) electrons. The zero-order valence-corrected chi connectivity index (χ0v) is 10.9. The quantitative estimate of drug-likeness (QED) is 0.738. The SMILES string of the molecule is CC(CC(C)(O)CN)SCC1CCCC1. The second kappa shape index (κ2) is 6.12. The summed E-state index contributed by atoms with van der Waals surface area (Å²) in [6, 6.07) is 0. The Morgan fingerprint density at radius 3 is 2.60 bits per heavy atom. The Labute approximate surface area is 98.0 Å². The topological polar surface area (TPSA) is 46.2 Å². The molecule has 0 aromatic carbocycles. The van der Waals surface area contributed by atoms with Gasteiger partial charge in [-0.3, -0.25) is 0 Å². The Balaban J connectivity index is 2.15. The summed E-state index contributed by atoms with van der Waals surface area (Å²) in [5.41, 5.74) is 4.84. The molecule has 2 unspecified atom stereocenters. The van der Waals surface area contributed by atoms with Gasteiger partial charge in [-0.15, -0.1) is 0 Å². The second-order valence-electron chi connectivity index (χ2n) is 5.20. The number of nitrogens with two attached hydrogens (primary N) is 1. The van der Waals surface area contributed by atoms with Crippen molar-refractivity contribution in [2.75, 3.05) is 12.3 Å². The van der Waals surface area contributed by atoms with E-state index in [0.717, 1.165) is 12.3 Å². The summed E-state index contributed by atoms with van der Waals surface area (Å²) in [5, 5.41) is 10.4. The first-order valence-corrected chi connectivity index (χ1v) is 7.12. The number of rotatable bonds is 6. The maximum atomic E-state index is 9.85. The highest BCUT2D eigenvalue weighted by atomic mass is 32.2. The fourth-order valence-electron chi connectivity index (χ4n) is 2.24. The van der Waals surface area contributed by atoms with E-state index in [1.165, 1.54) is 31.4 Å². The minimum atomic E-state index is -0.678. The van der Waals surface area contributed by atoms with E-state index in [2.05, 4.69) is 6.92 Å². The van der Waals surface area contributed by atoms with Crippen LogP contribution >= 0.6 is 11.8 Å². The fourth-order valence-corrected chi connectivity index (χ4v) is 3.65. The summed E-state index contributed by atoms with van der Waals surface area (Å²) in [4.78, 5) is 0. The van der Waals surface area contributed by atoms with E-state index < -0.39 is 5.60 Å². The molecule has 1 aliphatic carbocycles. The van der Waals surface area contributed by atoms with Crippen LogP contribution < -0.4 is 5.73 Å². The molecule has 90 valence electrons. The lowest BCUT2D eigenvalue weighted by molar-refractivity contribution is 0.0608. The molecule has 0 bridgehead atoms. The molecule has 0 saturated heterocycles. The minimum Gasteiger partial charge on any atom is -0.389 e. The maximum absolute atomic E-state index is 9.85. The van der Waals surface area contributed by atoms with E-state index in [4.69, 9.17) is 5.73 Å². The monoisotopic (exact) mass is 231 g/mol. The molecule has 2 nitrogen and oxygen atoms in total. The van der Waals surface area contributed by atoms with Crippen molar-refractivity contribution < 1.29 is 5.11 Å². The van der Waals surface area contributed by atoms with Crippen LogP contribution in [-0.2, 0) is 0 Å². The Hall–Kier alpha value is 0.270. The van der Waals surface area contributed by atoms with Crippen molar-refractivity contribution in [1.82, 2.24) is 0 Å². The van der Waals surface area contributed by atoms with Gasteiger partial charge in [-0.05, 0) is 37.9 Å². The molecule has 1 saturated carbocycles. The lowest BCUT2D eigenvalue weighted by Crippen LogP contribution is -2.36. The lowest BCUT2D eigenvalue weighted by Gasteiger charge is -2.25. The van der Waals surface area contributed by atoms with Crippen LogP contribution in [0.2, 0.25) is 0 Å². The Morgan fingerprint density at radius 1 is 1.47 bits per heavy atom. The van der Waals surface area contributed by atoms with Gasteiger partial charge >= 0.3 is 0 Å². The molecule has 1 fully saturated rings. The van der Waals surface area contributed by atoms with Gasteiger partial charge in [0, 0.05) is 11.8 Å². The molecule has 0 aromatic heterocycles. The van der Waals surface area contributed by atoms with Crippen molar-refractivity contribution in [3.63, 3.8) is 0 Å². The molecule has 3 heteroatoms. The van der Waals surface area contributed by atoms with Crippen LogP contribution in [0.1, 0.15) is 46.0 Å². The first kappa shape index (κ1) is 13.3. The molecule has 0 spiro atoms. The number of thioether (sulfide) groups is 1. The van der Waals surface area contributed by atoms with E-state index in [0.29, 0.717) is 11.8 Å². The summed E-state index contributed by atoms with van der Waals surface area (Å²) < 4.78 is 0. The van der Waals surface area contributed by atoms with Crippen molar-refractivity contribution in [2.45, 2.75) is 56.8 Å². The van der Waals surface area contributed by atoms with Crippen molar-refractivity contribution in [2.24, 2.45) is 11.7 Å². The molecule has 2 atom stereocenters. The summed E-state index contributed by atoms with van der Waals surface area (Å²) in [7, 11) is 0. The highest BCUT2D eigenvalue weighted by molar-refractivity contribution is 7.99. The smallest absolute Gasteiger partial charge is 0.0751 e. The Kier molecular flexibility index (Phi) is 5.44. The molecule has 3 N–H and O–H groups in total. The predicted molar refractivity (Wildman–Crippen MR) is 68.2 cm³/mol. The third kappa shape index (κ3) is 5.23. The fraction of sp³-hybridized carbons (Fsp3) is 1.00. The zero-order valence-electron chi connectivity index (χ0n) is 10.0. The Morgan fingerprint density at radius 2 is 2.07 bits per heavy atom. The molecular formula is C12H25NOS. The highest BCUT2D eigenvalue weighted by Crippen LogP contribution is 2.31. The largest absolute Gasteiger partial charge is 0.389 e. The molecule has 15 heavy (non-hydrogen) atoms. The van der Waals surface area contributed by atoms with Gasteiger partial charge in [0.15, 0.2) is 0 Å². The van der Waals surface area contributed by atoms with E-state index in [-0.39, 0.29) is 0 Å². The molecule has 1 rings (SSSR count). The van der Waals surface area contributed by atoms with E-state index in [1.54, 1.807) is 0 Å². The van der Waals surface area contributed by atoms with Gasteiger partial charge in [0.1, 0.15) is 0 Å². The molecule has 0 aliphatic heterocycles. The van der Waals surface area contributed by atoms with Crippen LogP contribution in [0.5, 0.6) is 0 Å². The molecule has 0 heterocycles. The van der Waals surface area contributed by atoms with E-state index in [1.807, 2.05) is 18.7 Å². The summed E-state index contributed by atoms with van der Waals surface area (Å²) >= 11 is 2.00. The average Bonchev–Trinajstić information content (AvgIpc) is 2.66. The molecule has 1 aliphatic rings. The molecule has 0 amide bonds. The number of hydrogen-bond acceptors (Lipinski definition) is 3. The third-order valence-electron chi connectivity index (χ3n) is 3.26. The van der Waals surface area contributed by atoms with Crippen molar-refractivity contribution in [1.29, 1.82) is 0 Å². The van der Waals surface area contributed by atoms with Gasteiger partial charge in [0.05, 0.1) is 5.60 Å². The van der Waals surface area contributed by atoms with Gasteiger partial charge < -0.3 is 10.8 Å². The molecule has 0 aromatic rings. The average molecular weight is 231 g/mol. The lowest BCUT2D eigenvalue weighted by atomic mass is 10.0. The van der Waals surface area contributed by atoms with Gasteiger partial charge in [-0.2, -0.15) is 11.8 Å². The van der Waals surface area contributed by atoms with Crippen molar-refractivity contribution >= 4 is 11.8 Å². The van der Waals surface area contributed by atoms with E-state index >= 15 is 0 Å². The summed E-state index contributed by atoms with van der Waals surface area (Å²) in [5.74, 6) is 2.20. The normalized spacial score (nSPS) is 24.0. The van der Waals surface area contributed by atoms with E-state index in [9.17, 15) is 5.11 Å². The Bertz CT molecular complexity index is 178. The zero-order chi connectivity index (χ0) is 11.3. The third-order valence-corrected chi connectivity index (χ3v) is 4.66. The van der Waals surface area contributed by atoms with Crippen LogP contribution in [0.3, 0.4) is 0 Å². The first-order valence-electron chi connectivity index (χ1n) is 6.07. The van der Waals surface area contributed by atoms with Gasteiger partial charge in [-0.1, -0.05) is 19.8 Å². The summed E-state index contributed by atoms with van der Waals surface area (Å²) in [6.07, 6.45) is 6.46. The van der Waals surface area contributed by atoms with Crippen LogP contribution in [-0.4, -0.2) is 28.3 Å². The van der Waals surface area contributed by atoms with Gasteiger partial charge in [0.2, 0.25) is 0 Å². The number of hydrogen-bond donors (Lipinski definition) is 2. The summed E-state index contributed by atoms with van der Waals surface area (Å²) in [6.45, 7) is 4.39. The van der Waals surface area contributed by atoms with Crippen LogP contribution in [0.4, 0.5) is 0 Å². The second-order valence-corrected chi connectivity index (χ2v) is 6.67. The standard InChI is InChI=1S/C12H25NOS/c1-10(7-12(2,14)9-13)15-8-11-5-3-4-6-11/h10-11,14H,3-9,13H2,1-2H3. The predicted octanol–water partition coefficient (Wildman–Crippen LogP) is 2.40. The number of aliphatic hydroxyl groups is 1. The maximum Gasteiger partial charge on any atom is 0.0751 e. The first-order chi connectivity index (χ1) is 7.03. The van der Waals surface area contributed by atoms with Crippen molar-refractivity contribution in [3.05, 3.63) is 0 Å². The minimum absolute atomic E-state index is 0.362. The highest BCUT2D eigenvalue weighted by Gasteiger charge is 2.23. The van der Waals surface area contributed by atoms with Gasteiger partial charge in [0.25, 0.3) is 0 Å². The van der Waals surface area contributed by atoms with Gasteiger partial charge in [-0.25, -0.2) is 0 Å². The van der Waals surface area contributed by atoms with Crippen LogP contribution in [0.15, 0.2) is 0 Å². The van der Waals surface area contributed by atoms with Crippen LogP contribution in [0, 0.1) is 5.92 Å².